The molecular weight excluding hydrogens is 174 g/mol. The zero-order valence-corrected chi connectivity index (χ0v) is 10.1. The lowest BCUT2D eigenvalue weighted by Crippen LogP contribution is -2.50. The second-order valence-corrected chi connectivity index (χ2v) is 5.44. The van der Waals surface area contributed by atoms with Gasteiger partial charge in [0.1, 0.15) is 0 Å². The van der Waals surface area contributed by atoms with E-state index in [0.29, 0.717) is 0 Å². The lowest BCUT2D eigenvalue weighted by atomic mass is 10.0. The molecule has 0 aromatic carbocycles. The van der Waals surface area contributed by atoms with Crippen LogP contribution in [0.2, 0.25) is 0 Å². The number of rotatable bonds is 3. The van der Waals surface area contributed by atoms with Crippen molar-refractivity contribution in [1.82, 2.24) is 9.80 Å². The SMILES string of the molecule is CN1CCC(N(C)CC(C)(C)N)CC1. The van der Waals surface area contributed by atoms with E-state index in [1.54, 1.807) is 0 Å². The fourth-order valence-corrected chi connectivity index (χ4v) is 2.21. The summed E-state index contributed by atoms with van der Waals surface area (Å²) in [5.74, 6) is 0. The molecule has 0 spiro atoms. The molecule has 1 rings (SSSR count). The molecule has 1 saturated heterocycles. The highest BCUT2D eigenvalue weighted by atomic mass is 15.2. The Labute approximate surface area is 88.2 Å². The van der Waals surface area contributed by atoms with Crippen molar-refractivity contribution >= 4 is 0 Å². The summed E-state index contributed by atoms with van der Waals surface area (Å²) < 4.78 is 0. The van der Waals surface area contributed by atoms with Gasteiger partial charge >= 0.3 is 0 Å². The highest BCUT2D eigenvalue weighted by molar-refractivity contribution is 4.82. The zero-order valence-electron chi connectivity index (χ0n) is 10.1. The standard InChI is InChI=1S/C11H25N3/c1-11(2,12)9-14(4)10-5-7-13(3)8-6-10/h10H,5-9,12H2,1-4H3. The molecule has 1 fully saturated rings. The molecular formula is C11H25N3. The van der Waals surface area contributed by atoms with E-state index in [2.05, 4.69) is 37.7 Å². The van der Waals surface area contributed by atoms with E-state index in [0.717, 1.165) is 12.6 Å². The largest absolute Gasteiger partial charge is 0.324 e. The molecule has 1 heterocycles. The van der Waals surface area contributed by atoms with Gasteiger partial charge in [-0.3, -0.25) is 0 Å². The Hall–Kier alpha value is -0.120. The maximum Gasteiger partial charge on any atom is 0.0226 e. The van der Waals surface area contributed by atoms with Crippen LogP contribution in [0.25, 0.3) is 0 Å². The van der Waals surface area contributed by atoms with E-state index in [1.807, 2.05) is 0 Å². The smallest absolute Gasteiger partial charge is 0.0226 e. The highest BCUT2D eigenvalue weighted by Crippen LogP contribution is 2.15. The second-order valence-electron chi connectivity index (χ2n) is 5.44. The van der Waals surface area contributed by atoms with Gasteiger partial charge in [0.25, 0.3) is 0 Å². The number of hydrogen-bond acceptors (Lipinski definition) is 3. The van der Waals surface area contributed by atoms with Crippen molar-refractivity contribution in [2.45, 2.75) is 38.3 Å². The summed E-state index contributed by atoms with van der Waals surface area (Å²) in [6.45, 7) is 7.62. The second kappa shape index (κ2) is 4.60. The predicted octanol–water partition coefficient (Wildman–Crippen LogP) is 0.750. The van der Waals surface area contributed by atoms with Gasteiger partial charge in [-0.2, -0.15) is 0 Å². The van der Waals surface area contributed by atoms with Crippen LogP contribution in [-0.4, -0.2) is 55.1 Å². The van der Waals surface area contributed by atoms with Gasteiger partial charge in [0.2, 0.25) is 0 Å². The first kappa shape index (κ1) is 12.0. The summed E-state index contributed by atoms with van der Waals surface area (Å²) in [5.41, 5.74) is 5.95. The van der Waals surface area contributed by atoms with Gasteiger partial charge in [0.15, 0.2) is 0 Å². The molecule has 1 aliphatic rings. The van der Waals surface area contributed by atoms with Gasteiger partial charge in [-0.1, -0.05) is 0 Å². The summed E-state index contributed by atoms with van der Waals surface area (Å²) in [4.78, 5) is 4.82. The van der Waals surface area contributed by atoms with Crippen LogP contribution in [0.15, 0.2) is 0 Å². The van der Waals surface area contributed by atoms with Gasteiger partial charge in [-0.25, -0.2) is 0 Å². The number of nitrogens with two attached hydrogens (primary N) is 1. The minimum Gasteiger partial charge on any atom is -0.324 e. The molecule has 1 aliphatic heterocycles. The van der Waals surface area contributed by atoms with Crippen molar-refractivity contribution in [3.63, 3.8) is 0 Å². The van der Waals surface area contributed by atoms with Crippen LogP contribution in [0.3, 0.4) is 0 Å². The van der Waals surface area contributed by atoms with E-state index in [-0.39, 0.29) is 5.54 Å². The zero-order chi connectivity index (χ0) is 10.8. The quantitative estimate of drug-likeness (QED) is 0.728. The summed E-state index contributed by atoms with van der Waals surface area (Å²) in [5, 5.41) is 0. The molecule has 0 aromatic rings. The maximum absolute atomic E-state index is 6.02. The Balaban J connectivity index is 2.34. The van der Waals surface area contributed by atoms with Crippen molar-refractivity contribution in [3.8, 4) is 0 Å². The molecule has 0 unspecified atom stereocenters. The van der Waals surface area contributed by atoms with Crippen molar-refractivity contribution in [2.24, 2.45) is 5.73 Å². The van der Waals surface area contributed by atoms with Crippen LogP contribution in [-0.2, 0) is 0 Å². The summed E-state index contributed by atoms with van der Waals surface area (Å²) in [7, 11) is 4.40. The van der Waals surface area contributed by atoms with Crippen LogP contribution in [0.1, 0.15) is 26.7 Å². The van der Waals surface area contributed by atoms with Crippen molar-refractivity contribution in [1.29, 1.82) is 0 Å². The van der Waals surface area contributed by atoms with E-state index in [4.69, 9.17) is 5.73 Å². The topological polar surface area (TPSA) is 32.5 Å². The van der Waals surface area contributed by atoms with Gasteiger partial charge in [-0.15, -0.1) is 0 Å². The summed E-state index contributed by atoms with van der Waals surface area (Å²) in [6.07, 6.45) is 2.56. The van der Waals surface area contributed by atoms with Gasteiger partial charge in [-0.05, 0) is 53.9 Å². The molecule has 2 N–H and O–H groups in total. The minimum atomic E-state index is -0.0713. The number of nitrogens with zero attached hydrogens (tertiary/aromatic N) is 2. The van der Waals surface area contributed by atoms with Crippen molar-refractivity contribution in [2.75, 3.05) is 33.7 Å². The average molecular weight is 199 g/mol. The normalized spacial score (nSPS) is 21.9. The highest BCUT2D eigenvalue weighted by Gasteiger charge is 2.23. The van der Waals surface area contributed by atoms with Crippen LogP contribution in [0, 0.1) is 0 Å². The lowest BCUT2D eigenvalue weighted by molar-refractivity contribution is 0.127. The molecule has 0 saturated carbocycles. The van der Waals surface area contributed by atoms with E-state index >= 15 is 0 Å². The van der Waals surface area contributed by atoms with Crippen LogP contribution < -0.4 is 5.73 Å². The molecule has 0 aromatic heterocycles. The molecule has 3 nitrogen and oxygen atoms in total. The molecule has 84 valence electrons. The Kier molecular flexibility index (Phi) is 3.93. The number of piperidine rings is 1. The summed E-state index contributed by atoms with van der Waals surface area (Å²) >= 11 is 0. The van der Waals surface area contributed by atoms with Gasteiger partial charge in [0, 0.05) is 18.1 Å². The van der Waals surface area contributed by atoms with Crippen molar-refractivity contribution < 1.29 is 0 Å². The van der Waals surface area contributed by atoms with Crippen LogP contribution >= 0.6 is 0 Å². The fourth-order valence-electron chi connectivity index (χ4n) is 2.21. The number of likely N-dealkylation sites (tertiary alicyclic amines) is 1. The molecule has 0 bridgehead atoms. The monoisotopic (exact) mass is 199 g/mol. The molecule has 0 atom stereocenters. The molecule has 0 radical (unpaired) electrons. The average Bonchev–Trinajstić information content (AvgIpc) is 2.02. The van der Waals surface area contributed by atoms with E-state index in [1.165, 1.54) is 25.9 Å². The minimum absolute atomic E-state index is 0.0713. The number of likely N-dealkylation sites (N-methyl/N-ethyl adjacent to an activating group) is 1. The third-order valence-corrected chi connectivity index (χ3v) is 2.97. The first-order valence-corrected chi connectivity index (χ1v) is 5.56. The Morgan fingerprint density at radius 3 is 2.29 bits per heavy atom. The Morgan fingerprint density at radius 1 is 1.36 bits per heavy atom. The van der Waals surface area contributed by atoms with Crippen molar-refractivity contribution in [3.05, 3.63) is 0 Å². The first-order chi connectivity index (χ1) is 6.38. The Morgan fingerprint density at radius 2 is 1.86 bits per heavy atom. The van der Waals surface area contributed by atoms with Gasteiger partial charge < -0.3 is 15.5 Å². The fraction of sp³-hybridized carbons (Fsp3) is 1.00. The molecule has 0 amide bonds. The summed E-state index contributed by atoms with van der Waals surface area (Å²) in [6, 6.07) is 0.731. The number of hydrogen-bond donors (Lipinski definition) is 1. The molecule has 0 aliphatic carbocycles. The third kappa shape index (κ3) is 3.95. The molecule has 3 heteroatoms. The first-order valence-electron chi connectivity index (χ1n) is 5.56. The van der Waals surface area contributed by atoms with E-state index in [9.17, 15) is 0 Å². The van der Waals surface area contributed by atoms with Crippen LogP contribution in [0.5, 0.6) is 0 Å². The van der Waals surface area contributed by atoms with Crippen LogP contribution in [0.4, 0.5) is 0 Å². The van der Waals surface area contributed by atoms with Gasteiger partial charge in [0.05, 0.1) is 0 Å². The Bertz CT molecular complexity index is 166. The third-order valence-electron chi connectivity index (χ3n) is 2.97. The van der Waals surface area contributed by atoms with E-state index < -0.39 is 0 Å². The lowest BCUT2D eigenvalue weighted by Gasteiger charge is -2.37. The molecule has 14 heavy (non-hydrogen) atoms. The predicted molar refractivity (Wildman–Crippen MR) is 61.4 cm³/mol. The maximum atomic E-state index is 6.02.